The summed E-state index contributed by atoms with van der Waals surface area (Å²) in [6.07, 6.45) is 1.67. The van der Waals surface area contributed by atoms with Crippen molar-refractivity contribution < 1.29 is 17.9 Å². The summed E-state index contributed by atoms with van der Waals surface area (Å²) < 4.78 is 32.7. The number of aryl methyl sites for hydroxylation is 1. The third kappa shape index (κ3) is 2.57. The molecule has 0 bridgehead atoms. The Balaban J connectivity index is 2.03. The minimum absolute atomic E-state index is 0.119. The molecule has 1 aliphatic rings. The van der Waals surface area contributed by atoms with E-state index in [2.05, 4.69) is 9.71 Å². The highest BCUT2D eigenvalue weighted by atomic mass is 32.2. The van der Waals surface area contributed by atoms with Crippen molar-refractivity contribution in [3.05, 3.63) is 36.0 Å². The number of fused-ring (bicyclic) bond motifs is 1. The second kappa shape index (κ2) is 5.33. The third-order valence-corrected chi connectivity index (χ3v) is 5.22. The van der Waals surface area contributed by atoms with Crippen LogP contribution in [-0.2, 0) is 19.6 Å². The minimum atomic E-state index is -3.83. The topological polar surface area (TPSA) is 85.4 Å². The van der Waals surface area contributed by atoms with E-state index < -0.39 is 22.0 Å². The van der Waals surface area contributed by atoms with Gasteiger partial charge in [0.1, 0.15) is 12.1 Å². The Hall–Kier alpha value is -1.99. The summed E-state index contributed by atoms with van der Waals surface area (Å²) in [6.45, 7) is 3.60. The van der Waals surface area contributed by atoms with Crippen LogP contribution in [0.15, 0.2) is 35.4 Å². The fourth-order valence-corrected chi connectivity index (χ4v) is 4.02. The molecule has 2 heterocycles. The molecule has 0 unspecified atom stereocenters. The van der Waals surface area contributed by atoms with Crippen molar-refractivity contribution in [1.29, 1.82) is 0 Å². The maximum absolute atomic E-state index is 12.6. The van der Waals surface area contributed by atoms with Gasteiger partial charge in [0, 0.05) is 18.0 Å². The van der Waals surface area contributed by atoms with Crippen LogP contribution in [-0.4, -0.2) is 31.5 Å². The molecule has 3 rings (SSSR count). The van der Waals surface area contributed by atoms with E-state index in [-0.39, 0.29) is 11.0 Å². The lowest BCUT2D eigenvalue weighted by Crippen LogP contribution is -2.38. The number of aromatic nitrogens is 1. The lowest BCUT2D eigenvalue weighted by Gasteiger charge is -2.12. The number of ether oxygens (including phenoxy) is 1. The number of benzene rings is 1. The summed E-state index contributed by atoms with van der Waals surface area (Å²) in [4.78, 5) is 16.0. The van der Waals surface area contributed by atoms with Crippen LogP contribution in [0.5, 0.6) is 0 Å². The Morgan fingerprint density at radius 1 is 1.32 bits per heavy atom. The zero-order chi connectivity index (χ0) is 15.9. The van der Waals surface area contributed by atoms with Crippen LogP contribution in [0, 0.1) is 6.92 Å². The van der Waals surface area contributed by atoms with Crippen molar-refractivity contribution in [3.63, 3.8) is 0 Å². The summed E-state index contributed by atoms with van der Waals surface area (Å²) in [6, 6.07) is 5.80. The molecular weight excluding hydrogens is 304 g/mol. The Kier molecular flexibility index (Phi) is 3.62. The average Bonchev–Trinajstić information content (AvgIpc) is 2.76. The molecule has 2 aromatic rings. The molecule has 116 valence electrons. The van der Waals surface area contributed by atoms with Crippen molar-refractivity contribution in [2.45, 2.75) is 37.3 Å². The number of carbonyl (C=O) groups is 1. The first-order valence-corrected chi connectivity index (χ1v) is 8.44. The number of rotatable bonds is 3. The van der Waals surface area contributed by atoms with E-state index in [9.17, 15) is 13.2 Å². The molecular formula is C15H16N2O4S. The fourth-order valence-electron chi connectivity index (χ4n) is 2.63. The number of nitrogens with one attached hydrogen (secondary N) is 1. The van der Waals surface area contributed by atoms with Gasteiger partial charge in [0.05, 0.1) is 10.4 Å². The summed E-state index contributed by atoms with van der Waals surface area (Å²) in [5.74, 6) is -0.536. The van der Waals surface area contributed by atoms with Crippen LogP contribution in [0.2, 0.25) is 0 Å². The number of nitrogens with zero attached hydrogens (tertiary/aromatic N) is 1. The highest BCUT2D eigenvalue weighted by Crippen LogP contribution is 2.25. The molecule has 0 aliphatic carbocycles. The maximum atomic E-state index is 12.6. The summed E-state index contributed by atoms with van der Waals surface area (Å²) in [5, 5.41) is 0.536. The number of sulfonamides is 1. The van der Waals surface area contributed by atoms with Gasteiger partial charge in [0.25, 0.3) is 0 Å². The van der Waals surface area contributed by atoms with Gasteiger partial charge in [0.2, 0.25) is 10.0 Å². The molecule has 6 nitrogen and oxygen atoms in total. The van der Waals surface area contributed by atoms with E-state index in [1.165, 1.54) is 6.07 Å². The van der Waals surface area contributed by atoms with Crippen molar-refractivity contribution in [1.82, 2.24) is 9.71 Å². The second-order valence-electron chi connectivity index (χ2n) is 5.44. The highest BCUT2D eigenvalue weighted by molar-refractivity contribution is 7.89. The predicted molar refractivity (Wildman–Crippen MR) is 80.8 cm³/mol. The van der Waals surface area contributed by atoms with Crippen LogP contribution in [0.4, 0.5) is 0 Å². The fraction of sp³-hybridized carbons (Fsp3) is 0.333. The normalized spacial score (nSPS) is 22.0. The van der Waals surface area contributed by atoms with E-state index in [0.717, 1.165) is 5.56 Å². The molecule has 1 aliphatic heterocycles. The van der Waals surface area contributed by atoms with Crippen LogP contribution in [0.25, 0.3) is 10.9 Å². The van der Waals surface area contributed by atoms with Gasteiger partial charge in [-0.05, 0) is 37.6 Å². The number of pyridine rings is 1. The maximum Gasteiger partial charge on any atom is 0.324 e. The molecule has 0 radical (unpaired) electrons. The van der Waals surface area contributed by atoms with Crippen molar-refractivity contribution in [2.24, 2.45) is 0 Å². The van der Waals surface area contributed by atoms with Gasteiger partial charge >= 0.3 is 5.97 Å². The molecule has 1 aromatic heterocycles. The van der Waals surface area contributed by atoms with E-state index in [0.29, 0.717) is 17.3 Å². The largest absolute Gasteiger partial charge is 0.461 e. The van der Waals surface area contributed by atoms with Gasteiger partial charge in [-0.2, -0.15) is 4.72 Å². The van der Waals surface area contributed by atoms with Crippen molar-refractivity contribution in [2.75, 3.05) is 0 Å². The van der Waals surface area contributed by atoms with E-state index in [4.69, 9.17) is 4.74 Å². The average molecular weight is 320 g/mol. The zero-order valence-corrected chi connectivity index (χ0v) is 13.1. The third-order valence-electron chi connectivity index (χ3n) is 3.69. The highest BCUT2D eigenvalue weighted by Gasteiger charge is 2.35. The molecule has 0 saturated carbocycles. The summed E-state index contributed by atoms with van der Waals surface area (Å²) >= 11 is 0. The van der Waals surface area contributed by atoms with E-state index >= 15 is 0 Å². The summed E-state index contributed by atoms with van der Waals surface area (Å²) in [7, 11) is -3.83. The first kappa shape index (κ1) is 14.9. The van der Waals surface area contributed by atoms with E-state index in [1.807, 2.05) is 6.92 Å². The predicted octanol–water partition coefficient (Wildman–Crippen LogP) is 1.53. The number of esters is 1. The van der Waals surface area contributed by atoms with Crippen LogP contribution >= 0.6 is 0 Å². The quantitative estimate of drug-likeness (QED) is 0.867. The van der Waals surface area contributed by atoms with Gasteiger partial charge in [-0.1, -0.05) is 6.07 Å². The first-order chi connectivity index (χ1) is 10.4. The molecule has 1 saturated heterocycles. The Labute approximate surface area is 128 Å². The van der Waals surface area contributed by atoms with Crippen molar-refractivity contribution >= 4 is 26.9 Å². The zero-order valence-electron chi connectivity index (χ0n) is 12.2. The molecule has 0 amide bonds. The molecule has 1 aromatic carbocycles. The van der Waals surface area contributed by atoms with E-state index in [1.54, 1.807) is 31.3 Å². The van der Waals surface area contributed by atoms with Crippen LogP contribution < -0.4 is 4.72 Å². The van der Waals surface area contributed by atoms with Gasteiger partial charge in [-0.25, -0.2) is 8.42 Å². The molecule has 1 fully saturated rings. The second-order valence-corrected chi connectivity index (χ2v) is 7.12. The number of cyclic esters (lactones) is 1. The van der Waals surface area contributed by atoms with Crippen LogP contribution in [0.1, 0.15) is 18.9 Å². The smallest absolute Gasteiger partial charge is 0.324 e. The SMILES string of the molecule is Cc1ccc(S(=O)(=O)N[C@@H]2C[C@@H](C)OC2=O)c2cccnc12. The standard InChI is InChI=1S/C15H16N2O4S/c1-9-5-6-13(11-4-3-7-16-14(9)11)22(19,20)17-12-8-10(2)21-15(12)18/h3-7,10,12,17H,8H2,1-2H3/t10-,12-/m1/s1. The van der Waals surface area contributed by atoms with Gasteiger partial charge < -0.3 is 4.74 Å². The lowest BCUT2D eigenvalue weighted by molar-refractivity contribution is -0.142. The Bertz CT molecular complexity index is 848. The summed E-state index contributed by atoms with van der Waals surface area (Å²) in [5.41, 5.74) is 1.52. The minimum Gasteiger partial charge on any atom is -0.461 e. The van der Waals surface area contributed by atoms with Gasteiger partial charge in [-0.3, -0.25) is 9.78 Å². The lowest BCUT2D eigenvalue weighted by atomic mass is 10.1. The molecule has 22 heavy (non-hydrogen) atoms. The monoisotopic (exact) mass is 320 g/mol. The molecule has 0 spiro atoms. The number of carbonyl (C=O) groups excluding carboxylic acids is 1. The van der Waals surface area contributed by atoms with Gasteiger partial charge in [-0.15, -0.1) is 0 Å². The first-order valence-electron chi connectivity index (χ1n) is 6.95. The molecule has 2 atom stereocenters. The Morgan fingerprint density at radius 2 is 2.09 bits per heavy atom. The number of hydrogen-bond donors (Lipinski definition) is 1. The van der Waals surface area contributed by atoms with Crippen LogP contribution in [0.3, 0.4) is 0 Å². The van der Waals surface area contributed by atoms with Crippen molar-refractivity contribution in [3.8, 4) is 0 Å². The molecule has 7 heteroatoms. The number of hydrogen-bond acceptors (Lipinski definition) is 5. The van der Waals surface area contributed by atoms with Gasteiger partial charge in [0.15, 0.2) is 0 Å². The Morgan fingerprint density at radius 3 is 2.77 bits per heavy atom. The molecule has 1 N–H and O–H groups in total.